The van der Waals surface area contributed by atoms with E-state index in [0.29, 0.717) is 48.2 Å². The molecule has 0 aliphatic carbocycles. The van der Waals surface area contributed by atoms with Gasteiger partial charge in [-0.25, -0.2) is 0 Å². The summed E-state index contributed by atoms with van der Waals surface area (Å²) in [5.41, 5.74) is 0.830. The molecule has 0 spiro atoms. The zero-order chi connectivity index (χ0) is 18.2. The van der Waals surface area contributed by atoms with Crippen LogP contribution in [0.1, 0.15) is 18.4 Å². The molecule has 5 nitrogen and oxygen atoms in total. The van der Waals surface area contributed by atoms with Gasteiger partial charge in [0.1, 0.15) is 5.75 Å². The highest BCUT2D eigenvalue weighted by molar-refractivity contribution is 6.35. The van der Waals surface area contributed by atoms with E-state index in [0.717, 1.165) is 5.56 Å². The third-order valence-electron chi connectivity index (χ3n) is 3.48. The van der Waals surface area contributed by atoms with Crippen molar-refractivity contribution >= 4 is 29.1 Å². The summed E-state index contributed by atoms with van der Waals surface area (Å²) in [6.45, 7) is 0.827. The van der Waals surface area contributed by atoms with Gasteiger partial charge in [0.2, 0.25) is 5.91 Å². The Morgan fingerprint density at radius 3 is 2.60 bits per heavy atom. The molecule has 134 valence electrons. The maximum Gasteiger partial charge on any atom is 0.220 e. The molecule has 0 heterocycles. The van der Waals surface area contributed by atoms with Crippen LogP contribution in [0.5, 0.6) is 17.2 Å². The van der Waals surface area contributed by atoms with Crippen molar-refractivity contribution in [2.24, 2.45) is 0 Å². The van der Waals surface area contributed by atoms with Crippen molar-refractivity contribution in [3.8, 4) is 17.2 Å². The summed E-state index contributed by atoms with van der Waals surface area (Å²) in [7, 11) is 0. The van der Waals surface area contributed by atoms with Crippen molar-refractivity contribution < 1.29 is 19.7 Å². The lowest BCUT2D eigenvalue weighted by molar-refractivity contribution is -0.121. The van der Waals surface area contributed by atoms with Crippen LogP contribution in [0.3, 0.4) is 0 Å². The Kier molecular flexibility index (Phi) is 7.22. The zero-order valence-electron chi connectivity index (χ0n) is 13.5. The Bertz CT molecular complexity index is 737. The van der Waals surface area contributed by atoms with Crippen LogP contribution >= 0.6 is 23.2 Å². The molecule has 0 aromatic heterocycles. The van der Waals surface area contributed by atoms with E-state index in [9.17, 15) is 15.0 Å². The van der Waals surface area contributed by atoms with Crippen LogP contribution in [0.2, 0.25) is 10.0 Å². The number of carbonyl (C=O) groups excluding carboxylic acids is 1. The third-order valence-corrected chi connectivity index (χ3v) is 4.01. The molecule has 0 radical (unpaired) electrons. The Morgan fingerprint density at radius 1 is 1.08 bits per heavy atom. The van der Waals surface area contributed by atoms with Crippen LogP contribution in [-0.4, -0.2) is 29.3 Å². The first kappa shape index (κ1) is 19.2. The highest BCUT2D eigenvalue weighted by Crippen LogP contribution is 2.27. The van der Waals surface area contributed by atoms with E-state index >= 15 is 0 Å². The minimum atomic E-state index is -0.165. The summed E-state index contributed by atoms with van der Waals surface area (Å²) in [5.74, 6) is 0.142. The van der Waals surface area contributed by atoms with Crippen LogP contribution in [-0.2, 0) is 11.2 Å². The fraction of sp³-hybridized carbons (Fsp3) is 0.278. The van der Waals surface area contributed by atoms with Gasteiger partial charge >= 0.3 is 0 Å². The summed E-state index contributed by atoms with van der Waals surface area (Å²) >= 11 is 11.8. The van der Waals surface area contributed by atoms with Crippen molar-refractivity contribution in [2.75, 3.05) is 13.2 Å². The van der Waals surface area contributed by atoms with Gasteiger partial charge in [0, 0.05) is 18.0 Å². The number of benzene rings is 2. The molecular weight excluding hydrogens is 365 g/mol. The maximum absolute atomic E-state index is 11.8. The van der Waals surface area contributed by atoms with Crippen molar-refractivity contribution in [1.29, 1.82) is 0 Å². The lowest BCUT2D eigenvalue weighted by Gasteiger charge is -2.09. The number of ether oxygens (including phenoxy) is 1. The number of carbonyl (C=O) groups is 1. The molecule has 0 aliphatic rings. The second kappa shape index (κ2) is 9.39. The fourth-order valence-corrected chi connectivity index (χ4v) is 2.63. The van der Waals surface area contributed by atoms with E-state index in [1.54, 1.807) is 24.3 Å². The van der Waals surface area contributed by atoms with E-state index in [1.165, 1.54) is 12.1 Å². The van der Waals surface area contributed by atoms with Crippen LogP contribution < -0.4 is 10.1 Å². The first-order valence-electron chi connectivity index (χ1n) is 7.81. The molecule has 2 aromatic carbocycles. The molecule has 0 aliphatic heterocycles. The molecule has 0 saturated heterocycles. The quantitative estimate of drug-likeness (QED) is 0.476. The van der Waals surface area contributed by atoms with E-state index in [4.69, 9.17) is 27.9 Å². The van der Waals surface area contributed by atoms with E-state index < -0.39 is 0 Å². The van der Waals surface area contributed by atoms with E-state index in [1.807, 2.05) is 0 Å². The Morgan fingerprint density at radius 2 is 1.88 bits per heavy atom. The average molecular weight is 384 g/mol. The summed E-state index contributed by atoms with van der Waals surface area (Å²) in [6, 6.07) is 9.59. The molecule has 7 heteroatoms. The highest BCUT2D eigenvalue weighted by atomic mass is 35.5. The topological polar surface area (TPSA) is 78.8 Å². The minimum Gasteiger partial charge on any atom is -0.504 e. The van der Waals surface area contributed by atoms with Gasteiger partial charge in [-0.2, -0.15) is 0 Å². The average Bonchev–Trinajstić information content (AvgIpc) is 2.56. The van der Waals surface area contributed by atoms with Gasteiger partial charge in [-0.3, -0.25) is 4.79 Å². The number of aromatic hydroxyl groups is 2. The van der Waals surface area contributed by atoms with Gasteiger partial charge in [-0.15, -0.1) is 0 Å². The van der Waals surface area contributed by atoms with Crippen molar-refractivity contribution in [1.82, 2.24) is 5.32 Å². The molecule has 25 heavy (non-hydrogen) atoms. The number of hydrogen-bond donors (Lipinski definition) is 3. The summed E-state index contributed by atoms with van der Waals surface area (Å²) in [4.78, 5) is 11.8. The predicted octanol–water partition coefficient (Wildman–Crippen LogP) is 3.92. The molecule has 0 saturated carbocycles. The summed E-state index contributed by atoms with van der Waals surface area (Å²) in [5, 5.41) is 22.4. The molecule has 1 amide bonds. The normalized spacial score (nSPS) is 10.5. The monoisotopic (exact) mass is 383 g/mol. The third kappa shape index (κ3) is 6.36. The number of hydrogen-bond acceptors (Lipinski definition) is 4. The van der Waals surface area contributed by atoms with Crippen LogP contribution in [0, 0.1) is 0 Å². The van der Waals surface area contributed by atoms with Gasteiger partial charge in [0.25, 0.3) is 0 Å². The van der Waals surface area contributed by atoms with Crippen LogP contribution in [0.25, 0.3) is 0 Å². The Hall–Kier alpha value is -2.11. The molecule has 2 aromatic rings. The van der Waals surface area contributed by atoms with Crippen molar-refractivity contribution in [3.05, 3.63) is 52.0 Å². The van der Waals surface area contributed by atoms with Crippen LogP contribution in [0.15, 0.2) is 36.4 Å². The first-order chi connectivity index (χ1) is 12.0. The molecule has 0 unspecified atom stereocenters. The van der Waals surface area contributed by atoms with E-state index in [-0.39, 0.29) is 17.4 Å². The minimum absolute atomic E-state index is 0.0752. The van der Waals surface area contributed by atoms with Gasteiger partial charge in [-0.05, 0) is 48.7 Å². The number of phenols is 2. The van der Waals surface area contributed by atoms with Crippen molar-refractivity contribution in [3.63, 3.8) is 0 Å². The van der Waals surface area contributed by atoms with Gasteiger partial charge in [0.05, 0.1) is 11.6 Å². The van der Waals surface area contributed by atoms with Gasteiger partial charge < -0.3 is 20.3 Å². The Balaban J connectivity index is 1.63. The second-order valence-corrected chi connectivity index (χ2v) is 6.29. The summed E-state index contributed by atoms with van der Waals surface area (Å²) < 4.78 is 5.52. The number of halogens is 2. The Labute approximate surface area is 156 Å². The molecule has 0 bridgehead atoms. The largest absolute Gasteiger partial charge is 0.504 e. The first-order valence-corrected chi connectivity index (χ1v) is 8.56. The molecule has 0 fully saturated rings. The number of phenolic OH excluding ortho intramolecular Hbond substituents is 2. The second-order valence-electron chi connectivity index (χ2n) is 5.45. The predicted molar refractivity (Wildman–Crippen MR) is 97.7 cm³/mol. The molecule has 0 atom stereocenters. The molecular formula is C18H19Cl2NO4. The lowest BCUT2D eigenvalue weighted by atomic mass is 10.1. The molecule has 2 rings (SSSR count). The fourth-order valence-electron chi connectivity index (χ4n) is 2.17. The number of nitrogens with one attached hydrogen (secondary N) is 1. The van der Waals surface area contributed by atoms with Gasteiger partial charge in [0.15, 0.2) is 11.5 Å². The van der Waals surface area contributed by atoms with E-state index in [2.05, 4.69) is 5.32 Å². The number of amides is 1. The highest BCUT2D eigenvalue weighted by Gasteiger charge is 2.05. The summed E-state index contributed by atoms with van der Waals surface area (Å²) in [6.07, 6.45) is 1.47. The number of rotatable bonds is 8. The smallest absolute Gasteiger partial charge is 0.220 e. The lowest BCUT2D eigenvalue weighted by Crippen LogP contribution is -2.25. The van der Waals surface area contributed by atoms with Crippen molar-refractivity contribution in [2.45, 2.75) is 19.3 Å². The SMILES string of the molecule is O=C(CCCOc1ccc(Cl)cc1Cl)NCCc1ccc(O)c(O)c1. The zero-order valence-corrected chi connectivity index (χ0v) is 15.0. The molecule has 3 N–H and O–H groups in total. The standard InChI is InChI=1S/C18H19Cl2NO4/c19-13-4-6-17(14(20)11-13)25-9-1-2-18(24)21-8-7-12-3-5-15(22)16(23)10-12/h3-6,10-11,22-23H,1-2,7-9H2,(H,21,24). The maximum atomic E-state index is 11.8. The van der Waals surface area contributed by atoms with Gasteiger partial charge in [-0.1, -0.05) is 29.3 Å². The van der Waals surface area contributed by atoms with Crippen LogP contribution in [0.4, 0.5) is 0 Å².